The summed E-state index contributed by atoms with van der Waals surface area (Å²) in [5.74, 6) is -0.850. The topological polar surface area (TPSA) is 97.4 Å². The standard InChI is InChI=1S/C27H28ClN3O4/c1-16-11-22(23(14-21(16)28)31-26(34)35-27(3,4)5)30-25(33)15-24(32)20-8-6-7-18(13-20)19-9-10-29-17(2)12-19/h6-14H,15H2,1-5H3,(H,30,33)(H,31,34). The minimum Gasteiger partial charge on any atom is -0.444 e. The van der Waals surface area contributed by atoms with Gasteiger partial charge in [-0.05, 0) is 81.6 Å². The molecule has 2 aromatic carbocycles. The van der Waals surface area contributed by atoms with Gasteiger partial charge in [-0.25, -0.2) is 4.79 Å². The number of benzene rings is 2. The Bertz CT molecular complexity index is 1280. The van der Waals surface area contributed by atoms with Crippen LogP contribution in [0.1, 0.15) is 48.8 Å². The van der Waals surface area contributed by atoms with Gasteiger partial charge in [0, 0.05) is 22.5 Å². The zero-order valence-corrected chi connectivity index (χ0v) is 21.1. The number of hydrogen-bond donors (Lipinski definition) is 2. The van der Waals surface area contributed by atoms with Crippen molar-refractivity contribution in [1.29, 1.82) is 0 Å². The molecule has 2 amide bonds. The molecule has 3 aromatic rings. The number of hydrogen-bond acceptors (Lipinski definition) is 5. The zero-order chi connectivity index (χ0) is 25.8. The fourth-order valence-electron chi connectivity index (χ4n) is 3.34. The molecule has 0 unspecified atom stereocenters. The van der Waals surface area contributed by atoms with Crippen LogP contribution < -0.4 is 10.6 Å². The van der Waals surface area contributed by atoms with Gasteiger partial charge in [0.25, 0.3) is 0 Å². The van der Waals surface area contributed by atoms with Crippen molar-refractivity contribution in [2.45, 2.75) is 46.6 Å². The maximum absolute atomic E-state index is 12.9. The monoisotopic (exact) mass is 493 g/mol. The molecule has 0 saturated carbocycles. The normalized spacial score (nSPS) is 11.0. The number of rotatable bonds is 6. The Labute approximate surface area is 209 Å². The van der Waals surface area contributed by atoms with Crippen molar-refractivity contribution in [3.8, 4) is 11.1 Å². The first-order chi connectivity index (χ1) is 16.4. The summed E-state index contributed by atoms with van der Waals surface area (Å²) in [4.78, 5) is 42.0. The lowest BCUT2D eigenvalue weighted by Gasteiger charge is -2.21. The van der Waals surface area contributed by atoms with E-state index in [1.807, 2.05) is 25.1 Å². The molecule has 1 aromatic heterocycles. The fraction of sp³-hybridized carbons (Fsp3) is 0.259. The number of amides is 2. The highest BCUT2D eigenvalue weighted by Crippen LogP contribution is 2.30. The van der Waals surface area contributed by atoms with Gasteiger partial charge in [-0.3, -0.25) is 19.9 Å². The number of aromatic nitrogens is 1. The Morgan fingerprint density at radius 3 is 2.31 bits per heavy atom. The number of ketones is 1. The summed E-state index contributed by atoms with van der Waals surface area (Å²) in [5.41, 5.74) is 3.67. The highest BCUT2D eigenvalue weighted by molar-refractivity contribution is 6.32. The molecule has 0 aliphatic heterocycles. The smallest absolute Gasteiger partial charge is 0.412 e. The van der Waals surface area contributed by atoms with Gasteiger partial charge >= 0.3 is 6.09 Å². The van der Waals surface area contributed by atoms with Crippen LogP contribution in [0, 0.1) is 13.8 Å². The number of aryl methyl sites for hydroxylation is 2. The number of nitrogens with zero attached hydrogens (tertiary/aromatic N) is 1. The molecular weight excluding hydrogens is 466 g/mol. The van der Waals surface area contributed by atoms with E-state index in [9.17, 15) is 14.4 Å². The Morgan fingerprint density at radius 1 is 0.943 bits per heavy atom. The van der Waals surface area contributed by atoms with Gasteiger partial charge in [-0.2, -0.15) is 0 Å². The molecule has 7 nitrogen and oxygen atoms in total. The maximum Gasteiger partial charge on any atom is 0.412 e. The fourth-order valence-corrected chi connectivity index (χ4v) is 3.51. The number of nitrogens with one attached hydrogen (secondary N) is 2. The Hall–Kier alpha value is -3.71. The third-order valence-electron chi connectivity index (χ3n) is 4.94. The molecule has 182 valence electrons. The maximum atomic E-state index is 12.9. The van der Waals surface area contributed by atoms with Gasteiger partial charge < -0.3 is 10.1 Å². The SMILES string of the molecule is Cc1cc(-c2cccc(C(=O)CC(=O)Nc3cc(C)c(Cl)cc3NC(=O)OC(C)(C)C)c2)ccn1. The quantitative estimate of drug-likeness (QED) is 0.298. The number of pyridine rings is 1. The molecule has 0 bridgehead atoms. The largest absolute Gasteiger partial charge is 0.444 e. The summed E-state index contributed by atoms with van der Waals surface area (Å²) in [5, 5.41) is 5.72. The molecule has 3 rings (SSSR count). The van der Waals surface area contributed by atoms with Crippen LogP contribution in [-0.2, 0) is 9.53 Å². The van der Waals surface area contributed by atoms with E-state index in [0.717, 1.165) is 16.8 Å². The molecular formula is C27H28ClN3O4. The summed E-state index contributed by atoms with van der Waals surface area (Å²) in [6.07, 6.45) is 0.655. The first-order valence-electron chi connectivity index (χ1n) is 11.1. The highest BCUT2D eigenvalue weighted by Gasteiger charge is 2.20. The van der Waals surface area contributed by atoms with Crippen LogP contribution in [0.3, 0.4) is 0 Å². The summed E-state index contributed by atoms with van der Waals surface area (Å²) in [6, 6.07) is 14.1. The van der Waals surface area contributed by atoms with E-state index in [1.54, 1.807) is 58.2 Å². The van der Waals surface area contributed by atoms with Crippen molar-refractivity contribution in [1.82, 2.24) is 4.98 Å². The third-order valence-corrected chi connectivity index (χ3v) is 5.35. The number of anilines is 2. The predicted molar refractivity (Wildman–Crippen MR) is 138 cm³/mol. The van der Waals surface area contributed by atoms with Crippen LogP contribution in [0.4, 0.5) is 16.2 Å². The number of carbonyl (C=O) groups is 3. The second kappa shape index (κ2) is 10.7. The number of halogens is 1. The molecule has 0 aliphatic rings. The van der Waals surface area contributed by atoms with E-state index < -0.39 is 17.6 Å². The lowest BCUT2D eigenvalue weighted by molar-refractivity contribution is -0.115. The molecule has 2 N–H and O–H groups in total. The second-order valence-corrected chi connectivity index (χ2v) is 9.60. The Kier molecular flexibility index (Phi) is 7.92. The summed E-state index contributed by atoms with van der Waals surface area (Å²) >= 11 is 6.22. The van der Waals surface area contributed by atoms with E-state index in [2.05, 4.69) is 15.6 Å². The predicted octanol–water partition coefficient (Wildman–Crippen LogP) is 6.58. The van der Waals surface area contributed by atoms with Crippen molar-refractivity contribution in [3.63, 3.8) is 0 Å². The van der Waals surface area contributed by atoms with Gasteiger partial charge in [0.1, 0.15) is 5.60 Å². The number of ether oxygens (including phenoxy) is 1. The van der Waals surface area contributed by atoms with E-state index >= 15 is 0 Å². The minimum atomic E-state index is -0.697. The summed E-state index contributed by atoms with van der Waals surface area (Å²) in [6.45, 7) is 8.90. The molecule has 8 heteroatoms. The number of Topliss-reactive ketones (excluding diaryl/α,β-unsaturated/α-hetero) is 1. The molecule has 0 atom stereocenters. The average Bonchev–Trinajstić information content (AvgIpc) is 2.76. The second-order valence-electron chi connectivity index (χ2n) is 9.19. The molecule has 0 fully saturated rings. The molecule has 35 heavy (non-hydrogen) atoms. The Balaban J connectivity index is 1.75. The summed E-state index contributed by atoms with van der Waals surface area (Å²) < 4.78 is 5.29. The van der Waals surface area contributed by atoms with Crippen molar-refractivity contribution in [2.75, 3.05) is 10.6 Å². The zero-order valence-electron chi connectivity index (χ0n) is 20.4. The van der Waals surface area contributed by atoms with E-state index in [4.69, 9.17) is 16.3 Å². The van der Waals surface area contributed by atoms with Crippen molar-refractivity contribution in [3.05, 3.63) is 76.6 Å². The van der Waals surface area contributed by atoms with Gasteiger partial charge in [0.05, 0.1) is 17.8 Å². The lowest BCUT2D eigenvalue weighted by Crippen LogP contribution is -2.27. The Morgan fingerprint density at radius 2 is 1.63 bits per heavy atom. The summed E-state index contributed by atoms with van der Waals surface area (Å²) in [7, 11) is 0. The van der Waals surface area contributed by atoms with Gasteiger partial charge in [-0.1, -0.05) is 29.8 Å². The van der Waals surface area contributed by atoms with Gasteiger partial charge in [0.15, 0.2) is 5.78 Å². The van der Waals surface area contributed by atoms with Crippen LogP contribution in [-0.4, -0.2) is 28.4 Å². The van der Waals surface area contributed by atoms with Crippen LogP contribution >= 0.6 is 11.6 Å². The average molecular weight is 494 g/mol. The van der Waals surface area contributed by atoms with E-state index in [1.165, 1.54) is 6.07 Å². The molecule has 1 heterocycles. The number of carbonyl (C=O) groups excluding carboxylic acids is 3. The molecule has 0 radical (unpaired) electrons. The van der Waals surface area contributed by atoms with E-state index in [-0.39, 0.29) is 17.9 Å². The third kappa shape index (κ3) is 7.39. The van der Waals surface area contributed by atoms with Crippen LogP contribution in [0.5, 0.6) is 0 Å². The van der Waals surface area contributed by atoms with Crippen molar-refractivity contribution < 1.29 is 19.1 Å². The van der Waals surface area contributed by atoms with E-state index in [0.29, 0.717) is 21.8 Å². The highest BCUT2D eigenvalue weighted by atomic mass is 35.5. The molecule has 0 aliphatic carbocycles. The minimum absolute atomic E-state index is 0.269. The van der Waals surface area contributed by atoms with Gasteiger partial charge in [0.2, 0.25) is 5.91 Å². The van der Waals surface area contributed by atoms with Crippen molar-refractivity contribution in [2.24, 2.45) is 0 Å². The van der Waals surface area contributed by atoms with Crippen LogP contribution in [0.25, 0.3) is 11.1 Å². The van der Waals surface area contributed by atoms with Crippen LogP contribution in [0.15, 0.2) is 54.7 Å². The first kappa shape index (κ1) is 25.9. The van der Waals surface area contributed by atoms with Gasteiger partial charge in [-0.15, -0.1) is 0 Å². The lowest BCUT2D eigenvalue weighted by atomic mass is 10.0. The molecule has 0 spiro atoms. The molecule has 0 saturated heterocycles. The van der Waals surface area contributed by atoms with Crippen molar-refractivity contribution >= 4 is 40.8 Å². The first-order valence-corrected chi connectivity index (χ1v) is 11.5. The van der Waals surface area contributed by atoms with Crippen LogP contribution in [0.2, 0.25) is 5.02 Å².